The van der Waals surface area contributed by atoms with Gasteiger partial charge >= 0.3 is 18.3 Å². The van der Waals surface area contributed by atoms with Gasteiger partial charge in [0.2, 0.25) is 5.75 Å². The minimum atomic E-state index is -4.98. The highest BCUT2D eigenvalue weighted by atomic mass is 32.2. The molecular weight excluding hydrogens is 656 g/mol. The van der Waals surface area contributed by atoms with Gasteiger partial charge in [-0.2, -0.15) is 26.3 Å². The van der Waals surface area contributed by atoms with Gasteiger partial charge in [0.25, 0.3) is 5.91 Å². The fourth-order valence-corrected chi connectivity index (χ4v) is 6.29. The molecule has 1 aliphatic heterocycles. The van der Waals surface area contributed by atoms with E-state index in [9.17, 15) is 41.0 Å². The van der Waals surface area contributed by atoms with Gasteiger partial charge in [0, 0.05) is 11.4 Å². The molecule has 16 heteroatoms. The van der Waals surface area contributed by atoms with Gasteiger partial charge in [-0.3, -0.25) is 9.69 Å². The summed E-state index contributed by atoms with van der Waals surface area (Å²) in [4.78, 5) is 26.4. The highest BCUT2D eigenvalue weighted by Gasteiger charge is 2.37. The molecule has 0 radical (unpaired) electrons. The second-order valence-electron chi connectivity index (χ2n) is 9.08. The monoisotopic (exact) mass is 677 g/mol. The lowest BCUT2D eigenvalue weighted by Gasteiger charge is -2.17. The number of methoxy groups -OCH3 is 2. The molecule has 0 spiro atoms. The first-order valence-electron chi connectivity index (χ1n) is 12.4. The van der Waals surface area contributed by atoms with E-state index in [1.165, 1.54) is 48.8 Å². The van der Waals surface area contributed by atoms with Crippen LogP contribution in [0.2, 0.25) is 0 Å². The third-order valence-corrected chi connectivity index (χ3v) is 8.43. The van der Waals surface area contributed by atoms with Crippen molar-refractivity contribution < 1.29 is 55.2 Å². The number of aromatic carboxylic acids is 1. The van der Waals surface area contributed by atoms with Crippen LogP contribution in [-0.4, -0.2) is 53.6 Å². The molecule has 1 amide bonds. The van der Waals surface area contributed by atoms with E-state index in [2.05, 4.69) is 0 Å². The third kappa shape index (κ3) is 7.47. The van der Waals surface area contributed by atoms with Crippen LogP contribution in [0.15, 0.2) is 46.7 Å². The summed E-state index contributed by atoms with van der Waals surface area (Å²) in [6.07, 6.45) is -8.16. The highest BCUT2D eigenvalue weighted by molar-refractivity contribution is 8.26. The summed E-state index contributed by atoms with van der Waals surface area (Å²) in [5.41, 5.74) is -3.04. The number of halogens is 6. The molecule has 1 N–H and O–H groups in total. The number of nitrogens with zero attached hydrogens (tertiary/aromatic N) is 1. The van der Waals surface area contributed by atoms with Crippen LogP contribution in [0.4, 0.5) is 26.3 Å². The van der Waals surface area contributed by atoms with Gasteiger partial charge in [-0.15, -0.1) is 11.3 Å². The zero-order valence-electron chi connectivity index (χ0n) is 22.7. The van der Waals surface area contributed by atoms with Crippen molar-refractivity contribution in [2.75, 3.05) is 27.4 Å². The summed E-state index contributed by atoms with van der Waals surface area (Å²) in [7, 11) is 2.69. The van der Waals surface area contributed by atoms with Crippen molar-refractivity contribution in [3.05, 3.63) is 68.3 Å². The average molecular weight is 678 g/mol. The summed E-state index contributed by atoms with van der Waals surface area (Å²) < 4.78 is 96.1. The molecule has 2 heterocycles. The number of hydrogen-bond donors (Lipinski definition) is 1. The molecule has 2 aromatic carbocycles. The molecule has 4 rings (SSSR count). The number of ether oxygens (including phenoxy) is 3. The molecule has 1 aromatic heterocycles. The topological polar surface area (TPSA) is 85.3 Å². The fourth-order valence-electron chi connectivity index (χ4n) is 4.07. The van der Waals surface area contributed by atoms with Crippen molar-refractivity contribution in [1.29, 1.82) is 0 Å². The van der Waals surface area contributed by atoms with E-state index in [0.29, 0.717) is 23.4 Å². The predicted molar refractivity (Wildman–Crippen MR) is 156 cm³/mol. The van der Waals surface area contributed by atoms with Crippen LogP contribution in [-0.2, 0) is 17.1 Å². The quantitative estimate of drug-likeness (QED) is 0.101. The lowest BCUT2D eigenvalue weighted by molar-refractivity contribution is -0.143. The maximum absolute atomic E-state index is 13.3. The Bertz CT molecular complexity index is 1580. The Morgan fingerprint density at radius 3 is 2.07 bits per heavy atom. The summed E-state index contributed by atoms with van der Waals surface area (Å²) in [6, 6.07) is 5.32. The third-order valence-electron chi connectivity index (χ3n) is 6.17. The number of thiocarbonyl (C=S) groups is 1. The number of carbonyl (C=O) groups excluding carboxylic acids is 1. The number of benzene rings is 2. The highest BCUT2D eigenvalue weighted by Crippen LogP contribution is 2.41. The van der Waals surface area contributed by atoms with Crippen molar-refractivity contribution in [1.82, 2.24) is 4.90 Å². The minimum Gasteiger partial charge on any atom is -0.493 e. The van der Waals surface area contributed by atoms with Crippen LogP contribution >= 0.6 is 35.3 Å². The van der Waals surface area contributed by atoms with Gasteiger partial charge in [-0.1, -0.05) is 24.0 Å². The lowest BCUT2D eigenvalue weighted by Crippen LogP contribution is -2.30. The molecule has 0 aliphatic carbocycles. The summed E-state index contributed by atoms with van der Waals surface area (Å²) >= 11 is 7.38. The van der Waals surface area contributed by atoms with Crippen molar-refractivity contribution in [2.45, 2.75) is 18.8 Å². The number of carbonyl (C=O) groups is 2. The largest absolute Gasteiger partial charge is 0.493 e. The van der Waals surface area contributed by atoms with Gasteiger partial charge in [-0.05, 0) is 65.4 Å². The van der Waals surface area contributed by atoms with Gasteiger partial charge in [0.1, 0.15) is 4.32 Å². The minimum absolute atomic E-state index is 0.0610. The lowest BCUT2D eigenvalue weighted by atomic mass is 10.0. The number of rotatable bonds is 10. The van der Waals surface area contributed by atoms with E-state index in [1.54, 1.807) is 0 Å². The standard InChI is InChI=1S/C28H21F6NO6S3/c1-39-20-9-15(25(37)38)10-21(40-2)23(20)41-5-3-4-35-24(36)22(44-26(35)42)12-19-8-16(13-43-19)14-6-17(27(29,30)31)11-18(7-14)28(32,33)34/h6-13H,3-5H2,1-2H3,(H,37,38). The number of alkyl halides is 6. The molecule has 0 atom stereocenters. The first-order chi connectivity index (χ1) is 20.6. The molecule has 0 unspecified atom stereocenters. The second-order valence-corrected chi connectivity index (χ2v) is 11.7. The van der Waals surface area contributed by atoms with Crippen LogP contribution in [0.5, 0.6) is 17.2 Å². The van der Waals surface area contributed by atoms with Gasteiger partial charge < -0.3 is 19.3 Å². The van der Waals surface area contributed by atoms with E-state index < -0.39 is 35.4 Å². The predicted octanol–water partition coefficient (Wildman–Crippen LogP) is 7.84. The van der Waals surface area contributed by atoms with Gasteiger partial charge in [0.05, 0.1) is 42.4 Å². The summed E-state index contributed by atoms with van der Waals surface area (Å²) in [6.45, 7) is 0.250. The number of amides is 1. The normalized spacial score (nSPS) is 14.8. The number of thioether (sulfide) groups is 1. The molecule has 0 bridgehead atoms. The Hall–Kier alpha value is -3.76. The maximum atomic E-state index is 13.3. The Morgan fingerprint density at radius 2 is 1.55 bits per heavy atom. The van der Waals surface area contributed by atoms with Crippen molar-refractivity contribution >= 4 is 57.6 Å². The zero-order valence-corrected chi connectivity index (χ0v) is 25.1. The number of carboxylic acid groups (broad SMARTS) is 1. The zero-order chi connectivity index (χ0) is 32.4. The van der Waals surface area contributed by atoms with E-state index in [0.717, 1.165) is 23.1 Å². The molecular formula is C28H21F6NO6S3. The molecule has 7 nitrogen and oxygen atoms in total. The molecule has 3 aromatic rings. The Labute approximate surface area is 260 Å². The molecule has 1 fully saturated rings. The number of hydrogen-bond acceptors (Lipinski definition) is 8. The molecule has 0 saturated carbocycles. The fraction of sp³-hybridized carbons (Fsp3) is 0.250. The second kappa shape index (κ2) is 13.1. The van der Waals surface area contributed by atoms with Crippen molar-refractivity contribution in [3.63, 3.8) is 0 Å². The Morgan fingerprint density at radius 1 is 0.955 bits per heavy atom. The molecule has 44 heavy (non-hydrogen) atoms. The SMILES string of the molecule is COc1cc(C(=O)O)cc(OC)c1OCCCN1C(=O)C(=Cc2cc(-c3cc(C(F)(F)F)cc(C(F)(F)F)c3)cs2)SC1=S. The van der Waals surface area contributed by atoms with E-state index >= 15 is 0 Å². The van der Waals surface area contributed by atoms with Crippen LogP contribution in [0.1, 0.15) is 32.8 Å². The van der Waals surface area contributed by atoms with Crippen LogP contribution < -0.4 is 14.2 Å². The average Bonchev–Trinajstić information content (AvgIpc) is 3.53. The first kappa shape index (κ1) is 33.1. The van der Waals surface area contributed by atoms with Gasteiger partial charge in [0.15, 0.2) is 11.5 Å². The smallest absolute Gasteiger partial charge is 0.416 e. The maximum Gasteiger partial charge on any atom is 0.416 e. The Balaban J connectivity index is 1.45. The Kier molecular flexibility index (Phi) is 9.85. The van der Waals surface area contributed by atoms with Crippen molar-refractivity contribution in [2.24, 2.45) is 0 Å². The van der Waals surface area contributed by atoms with E-state index in [4.69, 9.17) is 26.4 Å². The molecule has 1 aliphatic rings. The van der Waals surface area contributed by atoms with Crippen molar-refractivity contribution in [3.8, 4) is 28.4 Å². The summed E-state index contributed by atoms with van der Waals surface area (Å²) in [5, 5.41) is 10.7. The number of carboxylic acids is 1. The molecule has 234 valence electrons. The first-order valence-corrected chi connectivity index (χ1v) is 14.5. The number of thiophene rings is 1. The van der Waals surface area contributed by atoms with E-state index in [1.807, 2.05) is 0 Å². The van der Waals surface area contributed by atoms with Gasteiger partial charge in [-0.25, -0.2) is 4.79 Å². The summed E-state index contributed by atoms with van der Waals surface area (Å²) in [5.74, 6) is -1.13. The molecule has 1 saturated heterocycles. The van der Waals surface area contributed by atoms with Crippen LogP contribution in [0.25, 0.3) is 17.2 Å². The van der Waals surface area contributed by atoms with E-state index in [-0.39, 0.29) is 62.4 Å². The van der Waals surface area contributed by atoms with Crippen LogP contribution in [0.3, 0.4) is 0 Å². The van der Waals surface area contributed by atoms with Crippen LogP contribution in [0, 0.1) is 0 Å².